The predicted octanol–water partition coefficient (Wildman–Crippen LogP) is 6.92. The molecule has 174 valence electrons. The molecule has 35 heavy (non-hydrogen) atoms. The van der Waals surface area contributed by atoms with Crippen molar-refractivity contribution in [3.63, 3.8) is 0 Å². The van der Waals surface area contributed by atoms with Crippen LogP contribution in [-0.2, 0) is 6.54 Å². The van der Waals surface area contributed by atoms with E-state index in [1.807, 2.05) is 60.7 Å². The monoisotopic (exact) mass is 459 g/mol. The first-order valence-corrected chi connectivity index (χ1v) is 11.9. The second kappa shape index (κ2) is 10.9. The van der Waals surface area contributed by atoms with Gasteiger partial charge in [0.1, 0.15) is 18.2 Å². The molecule has 1 aromatic heterocycles. The number of nitrogens with zero attached hydrogens (tertiary/aromatic N) is 2. The quantitative estimate of drug-likeness (QED) is 0.260. The normalized spacial score (nSPS) is 11.0. The Kier molecular flexibility index (Phi) is 7.02. The van der Waals surface area contributed by atoms with Gasteiger partial charge in [-0.2, -0.15) is 0 Å². The van der Waals surface area contributed by atoms with Crippen LogP contribution in [0.2, 0.25) is 0 Å². The maximum Gasteiger partial charge on any atom is 0.142 e. The molecule has 0 atom stereocenters. The van der Waals surface area contributed by atoms with E-state index in [1.54, 1.807) is 0 Å². The summed E-state index contributed by atoms with van der Waals surface area (Å²) in [6.45, 7) is 2.31. The van der Waals surface area contributed by atoms with Crippen LogP contribution in [0.1, 0.15) is 5.56 Å². The third-order valence-electron chi connectivity index (χ3n) is 5.98. The molecule has 0 amide bonds. The molecule has 0 spiro atoms. The second-order valence-corrected chi connectivity index (χ2v) is 8.61. The average molecular weight is 460 g/mol. The predicted molar refractivity (Wildman–Crippen MR) is 143 cm³/mol. The minimum absolute atomic E-state index is 0.595. The Bertz CT molecular complexity index is 1290. The van der Waals surface area contributed by atoms with Crippen LogP contribution in [0.4, 0.5) is 0 Å². The average Bonchev–Trinajstić information content (AvgIpc) is 3.36. The Balaban J connectivity index is 1.38. The van der Waals surface area contributed by atoms with Gasteiger partial charge in [-0.05, 0) is 24.7 Å². The Labute approximate surface area is 206 Å². The standard InChI is InChI=1S/C31H29N3O/c1-34(23-24-13-5-2-6-14-24)21-22-35-28-20-12-11-19-27(28)31-32-29(25-15-7-3-8-16-25)30(33-31)26-17-9-4-10-18-26/h2-20H,21-23H2,1H3,(H,32,33). The first-order chi connectivity index (χ1) is 17.3. The molecule has 4 nitrogen and oxygen atoms in total. The van der Waals surface area contributed by atoms with Gasteiger partial charge < -0.3 is 9.72 Å². The van der Waals surface area contributed by atoms with Crippen molar-refractivity contribution in [2.24, 2.45) is 0 Å². The molecule has 5 aromatic rings. The smallest absolute Gasteiger partial charge is 0.142 e. The van der Waals surface area contributed by atoms with Crippen LogP contribution in [0.15, 0.2) is 115 Å². The Morgan fingerprint density at radius 1 is 0.714 bits per heavy atom. The fourth-order valence-corrected chi connectivity index (χ4v) is 4.19. The van der Waals surface area contributed by atoms with E-state index in [0.29, 0.717) is 6.61 Å². The number of aromatic nitrogens is 2. The molecule has 1 heterocycles. The Morgan fingerprint density at radius 3 is 2.03 bits per heavy atom. The number of hydrogen-bond donors (Lipinski definition) is 1. The summed E-state index contributed by atoms with van der Waals surface area (Å²) in [6, 6.07) is 39.2. The van der Waals surface area contributed by atoms with Crippen LogP contribution in [-0.4, -0.2) is 35.1 Å². The molecule has 0 aliphatic heterocycles. The topological polar surface area (TPSA) is 41.1 Å². The summed E-state index contributed by atoms with van der Waals surface area (Å²) < 4.78 is 6.26. The van der Waals surface area contributed by atoms with Gasteiger partial charge in [0, 0.05) is 24.2 Å². The number of aromatic amines is 1. The van der Waals surface area contributed by atoms with Crippen molar-refractivity contribution in [1.29, 1.82) is 0 Å². The van der Waals surface area contributed by atoms with Gasteiger partial charge in [0.15, 0.2) is 0 Å². The highest BCUT2D eigenvalue weighted by Gasteiger charge is 2.17. The van der Waals surface area contributed by atoms with Crippen LogP contribution in [0.25, 0.3) is 33.9 Å². The summed E-state index contributed by atoms with van der Waals surface area (Å²) in [5.74, 6) is 1.63. The third-order valence-corrected chi connectivity index (χ3v) is 5.98. The highest BCUT2D eigenvalue weighted by atomic mass is 16.5. The number of ether oxygens (including phenoxy) is 1. The lowest BCUT2D eigenvalue weighted by Gasteiger charge is -2.17. The number of benzene rings is 4. The van der Waals surface area contributed by atoms with E-state index in [-0.39, 0.29) is 0 Å². The molecule has 0 saturated carbocycles. The number of hydrogen-bond acceptors (Lipinski definition) is 3. The zero-order valence-electron chi connectivity index (χ0n) is 19.9. The van der Waals surface area contributed by atoms with Crippen LogP contribution >= 0.6 is 0 Å². The van der Waals surface area contributed by atoms with E-state index in [2.05, 4.69) is 71.5 Å². The highest BCUT2D eigenvalue weighted by Crippen LogP contribution is 2.35. The number of imidazole rings is 1. The first kappa shape index (κ1) is 22.6. The lowest BCUT2D eigenvalue weighted by molar-refractivity contribution is 0.233. The van der Waals surface area contributed by atoms with Crippen LogP contribution in [0, 0.1) is 0 Å². The van der Waals surface area contributed by atoms with E-state index < -0.39 is 0 Å². The van der Waals surface area contributed by atoms with Crippen LogP contribution in [0.5, 0.6) is 5.75 Å². The Morgan fingerprint density at radius 2 is 1.31 bits per heavy atom. The van der Waals surface area contributed by atoms with Gasteiger partial charge >= 0.3 is 0 Å². The molecule has 4 aromatic carbocycles. The number of H-pyrrole nitrogens is 1. The summed E-state index contributed by atoms with van der Waals surface area (Å²) in [7, 11) is 2.12. The van der Waals surface area contributed by atoms with Crippen molar-refractivity contribution in [3.05, 3.63) is 121 Å². The molecule has 0 unspecified atom stereocenters. The maximum absolute atomic E-state index is 6.26. The molecule has 0 radical (unpaired) electrons. The largest absolute Gasteiger partial charge is 0.491 e. The van der Waals surface area contributed by atoms with Gasteiger partial charge in [0.2, 0.25) is 0 Å². The molecule has 0 aliphatic rings. The van der Waals surface area contributed by atoms with Gasteiger partial charge in [-0.15, -0.1) is 0 Å². The van der Waals surface area contributed by atoms with Crippen LogP contribution in [0.3, 0.4) is 0 Å². The Hall–Kier alpha value is -4.15. The number of nitrogens with one attached hydrogen (secondary N) is 1. The van der Waals surface area contributed by atoms with Crippen molar-refractivity contribution in [2.45, 2.75) is 6.54 Å². The molecule has 5 rings (SSSR count). The minimum Gasteiger partial charge on any atom is -0.491 e. The van der Waals surface area contributed by atoms with E-state index in [4.69, 9.17) is 9.72 Å². The van der Waals surface area contributed by atoms with Crippen molar-refractivity contribution in [1.82, 2.24) is 14.9 Å². The van der Waals surface area contributed by atoms with Gasteiger partial charge in [0.05, 0.1) is 17.0 Å². The van der Waals surface area contributed by atoms with E-state index in [1.165, 1.54) is 5.56 Å². The molecule has 4 heteroatoms. The van der Waals surface area contributed by atoms with Crippen molar-refractivity contribution >= 4 is 0 Å². The lowest BCUT2D eigenvalue weighted by Crippen LogP contribution is -2.23. The number of likely N-dealkylation sites (N-methyl/N-ethyl adjacent to an activating group) is 1. The molecule has 0 aliphatic carbocycles. The zero-order chi connectivity index (χ0) is 23.9. The first-order valence-electron chi connectivity index (χ1n) is 11.9. The van der Waals surface area contributed by atoms with Gasteiger partial charge in [0.25, 0.3) is 0 Å². The van der Waals surface area contributed by atoms with Crippen molar-refractivity contribution < 1.29 is 4.74 Å². The van der Waals surface area contributed by atoms with Gasteiger partial charge in [-0.3, -0.25) is 4.90 Å². The fourth-order valence-electron chi connectivity index (χ4n) is 4.19. The maximum atomic E-state index is 6.26. The zero-order valence-corrected chi connectivity index (χ0v) is 19.9. The SMILES string of the molecule is CN(CCOc1ccccc1-c1nc(-c2ccccc2)c(-c2ccccc2)[nH]1)Cc1ccccc1. The number of para-hydroxylation sites is 1. The molecule has 0 saturated heterocycles. The van der Waals surface area contributed by atoms with E-state index in [9.17, 15) is 0 Å². The summed E-state index contributed by atoms with van der Waals surface area (Å²) in [6.07, 6.45) is 0. The van der Waals surface area contributed by atoms with Crippen LogP contribution < -0.4 is 4.74 Å². The molecular weight excluding hydrogens is 430 g/mol. The van der Waals surface area contributed by atoms with Gasteiger partial charge in [-0.25, -0.2) is 4.98 Å². The molecular formula is C31H29N3O. The van der Waals surface area contributed by atoms with Crippen molar-refractivity contribution in [3.8, 4) is 39.7 Å². The summed E-state index contributed by atoms with van der Waals surface area (Å²) in [5.41, 5.74) is 6.37. The highest BCUT2D eigenvalue weighted by molar-refractivity contribution is 5.82. The fraction of sp³-hybridized carbons (Fsp3) is 0.129. The third kappa shape index (κ3) is 5.51. The number of rotatable bonds is 9. The molecule has 0 bridgehead atoms. The second-order valence-electron chi connectivity index (χ2n) is 8.61. The summed E-state index contributed by atoms with van der Waals surface area (Å²) >= 11 is 0. The lowest BCUT2D eigenvalue weighted by atomic mass is 10.1. The molecule has 0 fully saturated rings. The molecule has 1 N–H and O–H groups in total. The van der Waals surface area contributed by atoms with Crippen molar-refractivity contribution in [2.75, 3.05) is 20.2 Å². The van der Waals surface area contributed by atoms with E-state index in [0.717, 1.165) is 52.7 Å². The minimum atomic E-state index is 0.595. The van der Waals surface area contributed by atoms with E-state index >= 15 is 0 Å². The summed E-state index contributed by atoms with van der Waals surface area (Å²) in [4.78, 5) is 10.9. The van der Waals surface area contributed by atoms with Gasteiger partial charge in [-0.1, -0.05) is 103 Å². The summed E-state index contributed by atoms with van der Waals surface area (Å²) in [5, 5.41) is 0.